The highest BCUT2D eigenvalue weighted by Gasteiger charge is 2.24. The van der Waals surface area contributed by atoms with Crippen molar-refractivity contribution >= 4 is 29.1 Å². The van der Waals surface area contributed by atoms with Crippen molar-refractivity contribution in [2.24, 2.45) is 0 Å². The molecule has 0 bridgehead atoms. The van der Waals surface area contributed by atoms with E-state index in [4.69, 9.17) is 0 Å². The van der Waals surface area contributed by atoms with Crippen molar-refractivity contribution in [3.8, 4) is 0 Å². The molecule has 0 saturated heterocycles. The molecule has 1 heterocycles. The first-order valence-corrected chi connectivity index (χ1v) is 6.70. The van der Waals surface area contributed by atoms with Crippen LogP contribution < -0.4 is 4.90 Å². The summed E-state index contributed by atoms with van der Waals surface area (Å²) < 4.78 is 0. The van der Waals surface area contributed by atoms with Crippen LogP contribution in [0.25, 0.3) is 0 Å². The van der Waals surface area contributed by atoms with E-state index in [9.17, 15) is 9.59 Å². The maximum Gasteiger partial charge on any atom is 0.237 e. The summed E-state index contributed by atoms with van der Waals surface area (Å²) in [6.07, 6.45) is 0. The second-order valence-electron chi connectivity index (χ2n) is 4.46. The van der Waals surface area contributed by atoms with Gasteiger partial charge in [0.15, 0.2) is 5.78 Å². The number of anilines is 1. The molecule has 94 valence electrons. The fraction of sp³-hybridized carbons (Fsp3) is 0.286. The number of hydrogen-bond donors (Lipinski definition) is 0. The Morgan fingerprint density at radius 2 is 2.17 bits per heavy atom. The van der Waals surface area contributed by atoms with E-state index in [0.29, 0.717) is 17.9 Å². The highest BCUT2D eigenvalue weighted by molar-refractivity contribution is 8.00. The average Bonchev–Trinajstić information content (AvgIpc) is 2.31. The van der Waals surface area contributed by atoms with Crippen molar-refractivity contribution in [2.45, 2.75) is 18.7 Å². The average molecular weight is 261 g/mol. The monoisotopic (exact) mass is 261 g/mol. The number of carbonyl (C=O) groups is 2. The highest BCUT2D eigenvalue weighted by atomic mass is 32.2. The molecule has 0 spiro atoms. The van der Waals surface area contributed by atoms with Gasteiger partial charge in [0, 0.05) is 17.0 Å². The van der Waals surface area contributed by atoms with Crippen LogP contribution in [0.1, 0.15) is 24.2 Å². The molecule has 1 aliphatic rings. The van der Waals surface area contributed by atoms with Gasteiger partial charge in [0.05, 0.1) is 11.4 Å². The SMILES string of the molecule is C=C(C)CN1C(=O)CSc2cc(C(C)=O)ccc21. The third kappa shape index (κ3) is 2.48. The van der Waals surface area contributed by atoms with Gasteiger partial charge < -0.3 is 4.90 Å². The van der Waals surface area contributed by atoms with Gasteiger partial charge in [-0.05, 0) is 32.0 Å². The largest absolute Gasteiger partial charge is 0.306 e. The number of Topliss-reactive ketones (excluding diaryl/α,β-unsaturated/α-hetero) is 1. The zero-order valence-corrected chi connectivity index (χ0v) is 11.3. The number of benzene rings is 1. The number of fused-ring (bicyclic) bond motifs is 1. The van der Waals surface area contributed by atoms with Crippen LogP contribution in [-0.4, -0.2) is 24.0 Å². The first kappa shape index (κ1) is 12.9. The number of amides is 1. The topological polar surface area (TPSA) is 37.4 Å². The van der Waals surface area contributed by atoms with E-state index >= 15 is 0 Å². The quantitative estimate of drug-likeness (QED) is 0.620. The Hall–Kier alpha value is -1.55. The molecule has 0 unspecified atom stereocenters. The fourth-order valence-electron chi connectivity index (χ4n) is 1.87. The van der Waals surface area contributed by atoms with Crippen LogP contribution >= 0.6 is 11.8 Å². The van der Waals surface area contributed by atoms with Gasteiger partial charge >= 0.3 is 0 Å². The maximum atomic E-state index is 11.9. The van der Waals surface area contributed by atoms with E-state index in [1.165, 1.54) is 11.8 Å². The smallest absolute Gasteiger partial charge is 0.237 e. The zero-order valence-electron chi connectivity index (χ0n) is 10.5. The molecule has 0 fully saturated rings. The summed E-state index contributed by atoms with van der Waals surface area (Å²) in [5.74, 6) is 0.551. The van der Waals surface area contributed by atoms with Crippen molar-refractivity contribution in [1.82, 2.24) is 0 Å². The number of thioether (sulfide) groups is 1. The number of carbonyl (C=O) groups excluding carboxylic acids is 2. The van der Waals surface area contributed by atoms with Crippen molar-refractivity contribution in [3.63, 3.8) is 0 Å². The van der Waals surface area contributed by atoms with E-state index in [2.05, 4.69) is 6.58 Å². The molecule has 0 N–H and O–H groups in total. The lowest BCUT2D eigenvalue weighted by Gasteiger charge is -2.29. The molecule has 1 aliphatic heterocycles. The molecular weight excluding hydrogens is 246 g/mol. The lowest BCUT2D eigenvalue weighted by molar-refractivity contribution is -0.116. The third-order valence-electron chi connectivity index (χ3n) is 2.74. The molecule has 0 radical (unpaired) electrons. The Kier molecular flexibility index (Phi) is 3.57. The number of hydrogen-bond acceptors (Lipinski definition) is 3. The predicted octanol–water partition coefficient (Wildman–Crippen LogP) is 2.90. The van der Waals surface area contributed by atoms with E-state index < -0.39 is 0 Å². The highest BCUT2D eigenvalue weighted by Crippen LogP contribution is 2.36. The van der Waals surface area contributed by atoms with Crippen molar-refractivity contribution in [3.05, 3.63) is 35.9 Å². The molecule has 0 saturated carbocycles. The normalized spacial score (nSPS) is 14.3. The third-order valence-corrected chi connectivity index (χ3v) is 3.77. The number of rotatable bonds is 3. The summed E-state index contributed by atoms with van der Waals surface area (Å²) in [6.45, 7) is 7.83. The summed E-state index contributed by atoms with van der Waals surface area (Å²) in [4.78, 5) is 26.0. The Morgan fingerprint density at radius 1 is 1.44 bits per heavy atom. The standard InChI is InChI=1S/C14H15NO2S/c1-9(2)7-15-12-5-4-11(10(3)16)6-13(12)18-8-14(15)17/h4-6H,1,7-8H2,2-3H3. The van der Waals surface area contributed by atoms with Crippen molar-refractivity contribution in [2.75, 3.05) is 17.2 Å². The van der Waals surface area contributed by atoms with Crippen LogP contribution in [0, 0.1) is 0 Å². The first-order valence-electron chi connectivity index (χ1n) is 5.71. The van der Waals surface area contributed by atoms with Gasteiger partial charge in [-0.15, -0.1) is 11.8 Å². The Labute approximate surface area is 111 Å². The van der Waals surface area contributed by atoms with E-state index in [-0.39, 0.29) is 11.7 Å². The molecule has 0 aromatic heterocycles. The summed E-state index contributed by atoms with van der Waals surface area (Å²) in [5, 5.41) is 0. The summed E-state index contributed by atoms with van der Waals surface area (Å²) >= 11 is 1.49. The van der Waals surface area contributed by atoms with Gasteiger partial charge in [-0.1, -0.05) is 12.2 Å². The molecule has 4 heteroatoms. The lowest BCUT2D eigenvalue weighted by atomic mass is 10.1. The van der Waals surface area contributed by atoms with E-state index in [1.807, 2.05) is 19.1 Å². The van der Waals surface area contributed by atoms with Crippen LogP contribution in [0.5, 0.6) is 0 Å². The minimum atomic E-state index is 0.0433. The first-order chi connectivity index (χ1) is 8.49. The molecule has 2 rings (SSSR count). The van der Waals surface area contributed by atoms with Gasteiger partial charge in [-0.3, -0.25) is 9.59 Å². The molecule has 0 atom stereocenters. The van der Waals surface area contributed by atoms with Gasteiger partial charge in [0.1, 0.15) is 0 Å². The molecule has 1 aromatic carbocycles. The van der Waals surface area contributed by atoms with Crippen LogP contribution in [0.3, 0.4) is 0 Å². The molecular formula is C14H15NO2S. The molecule has 0 aliphatic carbocycles. The van der Waals surface area contributed by atoms with Gasteiger partial charge in [-0.25, -0.2) is 0 Å². The van der Waals surface area contributed by atoms with Gasteiger partial charge in [0.2, 0.25) is 5.91 Å². The van der Waals surface area contributed by atoms with Crippen molar-refractivity contribution in [1.29, 1.82) is 0 Å². The summed E-state index contributed by atoms with van der Waals surface area (Å²) in [6, 6.07) is 5.48. The second-order valence-corrected chi connectivity index (χ2v) is 5.48. The minimum absolute atomic E-state index is 0.0433. The van der Waals surface area contributed by atoms with Crippen molar-refractivity contribution < 1.29 is 9.59 Å². The molecule has 1 amide bonds. The number of nitrogens with zero attached hydrogens (tertiary/aromatic N) is 1. The maximum absolute atomic E-state index is 11.9. The summed E-state index contributed by atoms with van der Waals surface area (Å²) in [7, 11) is 0. The fourth-order valence-corrected chi connectivity index (χ4v) is 2.84. The number of ketones is 1. The van der Waals surface area contributed by atoms with Gasteiger partial charge in [0.25, 0.3) is 0 Å². The second kappa shape index (κ2) is 4.98. The molecule has 3 nitrogen and oxygen atoms in total. The predicted molar refractivity (Wildman–Crippen MR) is 74.3 cm³/mol. The Bertz CT molecular complexity index is 537. The zero-order chi connectivity index (χ0) is 13.3. The lowest BCUT2D eigenvalue weighted by Crippen LogP contribution is -2.36. The van der Waals surface area contributed by atoms with Gasteiger partial charge in [-0.2, -0.15) is 0 Å². The summed E-state index contributed by atoms with van der Waals surface area (Å²) in [5.41, 5.74) is 2.51. The molecule has 18 heavy (non-hydrogen) atoms. The van der Waals surface area contributed by atoms with Crippen LogP contribution in [0.4, 0.5) is 5.69 Å². The minimum Gasteiger partial charge on any atom is -0.306 e. The van der Waals surface area contributed by atoms with E-state index in [0.717, 1.165) is 16.2 Å². The van der Waals surface area contributed by atoms with E-state index in [1.54, 1.807) is 17.9 Å². The van der Waals surface area contributed by atoms with Crippen LogP contribution in [0.15, 0.2) is 35.2 Å². The van der Waals surface area contributed by atoms with Crippen LogP contribution in [0.2, 0.25) is 0 Å². The Balaban J connectivity index is 2.41. The Morgan fingerprint density at radius 3 is 2.78 bits per heavy atom. The molecule has 1 aromatic rings. The van der Waals surface area contributed by atoms with Crippen LogP contribution in [-0.2, 0) is 4.79 Å².